The van der Waals surface area contributed by atoms with E-state index in [0.717, 1.165) is 5.56 Å². The van der Waals surface area contributed by atoms with Gasteiger partial charge in [-0.3, -0.25) is 14.3 Å². The summed E-state index contributed by atoms with van der Waals surface area (Å²) in [7, 11) is 0. The first-order valence-corrected chi connectivity index (χ1v) is 11.4. The van der Waals surface area contributed by atoms with E-state index in [1.54, 1.807) is 4.90 Å². The zero-order valence-electron chi connectivity index (χ0n) is 18.5. The molecule has 1 amide bonds. The SMILES string of the molecule is CC(c1ccccc1)n1nc(C(F)(F)F)c2c1CN(C(=O)CC1CCC(C(=O)O)CC1)CC2. The van der Waals surface area contributed by atoms with Crippen LogP contribution in [0.15, 0.2) is 30.3 Å². The Hall–Kier alpha value is -2.84. The molecule has 6 nitrogen and oxygen atoms in total. The van der Waals surface area contributed by atoms with Crippen LogP contribution in [0.3, 0.4) is 0 Å². The monoisotopic (exact) mass is 463 g/mol. The van der Waals surface area contributed by atoms with Crippen LogP contribution in [0.2, 0.25) is 0 Å². The van der Waals surface area contributed by atoms with E-state index >= 15 is 0 Å². The summed E-state index contributed by atoms with van der Waals surface area (Å²) in [5.74, 6) is -1.10. The maximum atomic E-state index is 13.7. The lowest BCUT2D eigenvalue weighted by Crippen LogP contribution is -2.38. The molecule has 33 heavy (non-hydrogen) atoms. The van der Waals surface area contributed by atoms with Crippen molar-refractivity contribution < 1.29 is 27.9 Å². The fourth-order valence-corrected chi connectivity index (χ4v) is 5.06. The van der Waals surface area contributed by atoms with Crippen molar-refractivity contribution in [3.8, 4) is 0 Å². The Labute approximate surface area is 190 Å². The van der Waals surface area contributed by atoms with Gasteiger partial charge in [-0.15, -0.1) is 0 Å². The van der Waals surface area contributed by atoms with Crippen LogP contribution in [0.5, 0.6) is 0 Å². The number of alkyl halides is 3. The van der Waals surface area contributed by atoms with Crippen molar-refractivity contribution in [2.45, 2.75) is 64.2 Å². The summed E-state index contributed by atoms with van der Waals surface area (Å²) >= 11 is 0. The molecule has 1 N–H and O–H groups in total. The highest BCUT2D eigenvalue weighted by molar-refractivity contribution is 5.77. The molecular formula is C24H28F3N3O3. The highest BCUT2D eigenvalue weighted by Crippen LogP contribution is 2.37. The summed E-state index contributed by atoms with van der Waals surface area (Å²) < 4.78 is 42.6. The fourth-order valence-electron chi connectivity index (χ4n) is 5.06. The molecular weight excluding hydrogens is 435 g/mol. The number of benzene rings is 1. The molecule has 178 valence electrons. The Morgan fingerprint density at radius 3 is 2.42 bits per heavy atom. The minimum absolute atomic E-state index is 0.0897. The summed E-state index contributed by atoms with van der Waals surface area (Å²) in [6.07, 6.45) is -1.65. The van der Waals surface area contributed by atoms with E-state index in [-0.39, 0.29) is 42.8 Å². The number of amides is 1. The van der Waals surface area contributed by atoms with Gasteiger partial charge in [0.2, 0.25) is 5.91 Å². The van der Waals surface area contributed by atoms with Crippen LogP contribution < -0.4 is 0 Å². The molecule has 0 saturated heterocycles. The number of aromatic nitrogens is 2. The van der Waals surface area contributed by atoms with E-state index in [0.29, 0.717) is 37.8 Å². The van der Waals surface area contributed by atoms with Gasteiger partial charge in [-0.1, -0.05) is 30.3 Å². The minimum Gasteiger partial charge on any atom is -0.481 e. The number of aliphatic carboxylic acids is 1. The van der Waals surface area contributed by atoms with Gasteiger partial charge in [0, 0.05) is 18.5 Å². The van der Waals surface area contributed by atoms with Crippen molar-refractivity contribution >= 4 is 11.9 Å². The largest absolute Gasteiger partial charge is 0.481 e. The third-order valence-corrected chi connectivity index (χ3v) is 7.02. The van der Waals surface area contributed by atoms with Crippen LogP contribution in [0.1, 0.15) is 67.6 Å². The number of fused-ring (bicyclic) bond motifs is 1. The number of rotatable bonds is 5. The van der Waals surface area contributed by atoms with E-state index in [1.165, 1.54) is 4.68 Å². The predicted octanol–water partition coefficient (Wildman–Crippen LogP) is 4.68. The van der Waals surface area contributed by atoms with Crippen LogP contribution in [-0.4, -0.2) is 38.2 Å². The summed E-state index contributed by atoms with van der Waals surface area (Å²) in [6, 6.07) is 8.82. The Morgan fingerprint density at radius 1 is 1.15 bits per heavy atom. The van der Waals surface area contributed by atoms with Crippen molar-refractivity contribution in [1.29, 1.82) is 0 Å². The van der Waals surface area contributed by atoms with Crippen LogP contribution in [0, 0.1) is 11.8 Å². The number of hydrogen-bond acceptors (Lipinski definition) is 3. The Balaban J connectivity index is 1.53. The van der Waals surface area contributed by atoms with Crippen molar-refractivity contribution in [3.63, 3.8) is 0 Å². The first kappa shape index (κ1) is 23.3. The topological polar surface area (TPSA) is 75.4 Å². The molecule has 1 fully saturated rings. The van der Waals surface area contributed by atoms with Gasteiger partial charge in [-0.25, -0.2) is 0 Å². The molecule has 1 aliphatic carbocycles. The van der Waals surface area contributed by atoms with Crippen molar-refractivity contribution in [2.75, 3.05) is 6.54 Å². The number of carbonyl (C=O) groups excluding carboxylic acids is 1. The average Bonchev–Trinajstić information content (AvgIpc) is 3.19. The van der Waals surface area contributed by atoms with E-state index in [9.17, 15) is 22.8 Å². The van der Waals surface area contributed by atoms with E-state index in [1.807, 2.05) is 37.3 Å². The van der Waals surface area contributed by atoms with Gasteiger partial charge in [0.15, 0.2) is 5.69 Å². The van der Waals surface area contributed by atoms with Gasteiger partial charge in [0.1, 0.15) is 0 Å². The molecule has 1 saturated carbocycles. The summed E-state index contributed by atoms with van der Waals surface area (Å²) in [4.78, 5) is 25.8. The molecule has 0 radical (unpaired) electrons. The van der Waals surface area contributed by atoms with Crippen molar-refractivity contribution in [1.82, 2.24) is 14.7 Å². The second-order valence-corrected chi connectivity index (χ2v) is 9.13. The van der Waals surface area contributed by atoms with Crippen LogP contribution in [0.4, 0.5) is 13.2 Å². The molecule has 4 rings (SSSR count). The van der Waals surface area contributed by atoms with Gasteiger partial charge in [0.25, 0.3) is 0 Å². The quantitative estimate of drug-likeness (QED) is 0.699. The number of nitrogens with zero attached hydrogens (tertiary/aromatic N) is 3. The molecule has 1 aromatic carbocycles. The third kappa shape index (κ3) is 4.91. The lowest BCUT2D eigenvalue weighted by atomic mass is 9.80. The van der Waals surface area contributed by atoms with Gasteiger partial charge < -0.3 is 10.0 Å². The molecule has 9 heteroatoms. The van der Waals surface area contributed by atoms with E-state index in [4.69, 9.17) is 5.11 Å². The number of halogens is 3. The molecule has 2 aliphatic rings. The number of hydrogen-bond donors (Lipinski definition) is 1. The van der Waals surface area contributed by atoms with Gasteiger partial charge in [0.05, 0.1) is 24.2 Å². The zero-order chi connectivity index (χ0) is 23.8. The molecule has 1 aromatic heterocycles. The molecule has 1 unspecified atom stereocenters. The minimum atomic E-state index is -4.55. The first-order valence-electron chi connectivity index (χ1n) is 11.4. The van der Waals surface area contributed by atoms with E-state index in [2.05, 4.69) is 5.10 Å². The number of carboxylic acid groups (broad SMARTS) is 1. The molecule has 2 heterocycles. The molecule has 2 aromatic rings. The standard InChI is InChI=1S/C24H28F3N3O3/c1-15(17-5-3-2-4-6-17)30-20-14-29(12-11-19(20)22(28-30)24(25,26)27)21(31)13-16-7-9-18(10-8-16)23(32)33/h2-6,15-16,18H,7-14H2,1H3,(H,32,33). The Kier molecular flexibility index (Phi) is 6.50. The predicted molar refractivity (Wildman–Crippen MR) is 114 cm³/mol. The summed E-state index contributed by atoms with van der Waals surface area (Å²) in [6.45, 7) is 2.13. The van der Waals surface area contributed by atoms with Gasteiger partial charge >= 0.3 is 12.1 Å². The second-order valence-electron chi connectivity index (χ2n) is 9.13. The lowest BCUT2D eigenvalue weighted by Gasteiger charge is -2.32. The summed E-state index contributed by atoms with van der Waals surface area (Å²) in [5, 5.41) is 13.1. The fraction of sp³-hybridized carbons (Fsp3) is 0.542. The Bertz CT molecular complexity index is 1010. The maximum absolute atomic E-state index is 13.7. The molecule has 0 spiro atoms. The third-order valence-electron chi connectivity index (χ3n) is 7.02. The number of carboxylic acids is 1. The van der Waals surface area contributed by atoms with E-state index < -0.39 is 23.9 Å². The highest BCUT2D eigenvalue weighted by Gasteiger charge is 2.41. The van der Waals surface area contributed by atoms with Gasteiger partial charge in [-0.2, -0.15) is 18.3 Å². The Morgan fingerprint density at radius 2 is 1.82 bits per heavy atom. The lowest BCUT2D eigenvalue weighted by molar-refractivity contribution is -0.143. The average molecular weight is 464 g/mol. The van der Waals surface area contributed by atoms with Crippen LogP contribution in [-0.2, 0) is 28.7 Å². The van der Waals surface area contributed by atoms with Gasteiger partial charge in [-0.05, 0) is 50.5 Å². The molecule has 1 atom stereocenters. The summed E-state index contributed by atoms with van der Waals surface area (Å²) in [5.41, 5.74) is 0.596. The zero-order valence-corrected chi connectivity index (χ0v) is 18.5. The smallest absolute Gasteiger partial charge is 0.435 e. The first-order chi connectivity index (χ1) is 15.6. The highest BCUT2D eigenvalue weighted by atomic mass is 19.4. The van der Waals surface area contributed by atoms with Crippen LogP contribution in [0.25, 0.3) is 0 Å². The van der Waals surface area contributed by atoms with Crippen LogP contribution >= 0.6 is 0 Å². The van der Waals surface area contributed by atoms with Crippen molar-refractivity contribution in [3.05, 3.63) is 52.8 Å². The second kappa shape index (κ2) is 9.19. The molecule has 1 aliphatic heterocycles. The maximum Gasteiger partial charge on any atom is 0.435 e. The van der Waals surface area contributed by atoms with Crippen molar-refractivity contribution in [2.24, 2.45) is 11.8 Å². The number of carbonyl (C=O) groups is 2. The molecule has 0 bridgehead atoms. The normalized spacial score (nSPS) is 22.0.